The summed E-state index contributed by atoms with van der Waals surface area (Å²) in [5, 5.41) is 3.44. The van der Waals surface area contributed by atoms with Crippen LogP contribution in [0.1, 0.15) is 43.7 Å². The van der Waals surface area contributed by atoms with Crippen molar-refractivity contribution in [2.75, 3.05) is 6.54 Å². The van der Waals surface area contributed by atoms with Gasteiger partial charge in [0, 0.05) is 19.1 Å². The summed E-state index contributed by atoms with van der Waals surface area (Å²) >= 11 is 0. The number of rotatable bonds is 7. The predicted molar refractivity (Wildman–Crippen MR) is 83.6 cm³/mol. The van der Waals surface area contributed by atoms with Crippen LogP contribution in [0.5, 0.6) is 0 Å². The van der Waals surface area contributed by atoms with Crippen LogP contribution >= 0.6 is 0 Å². The third-order valence-corrected chi connectivity index (χ3v) is 6.18. The molecule has 0 radical (unpaired) electrons. The van der Waals surface area contributed by atoms with Crippen LogP contribution in [0.2, 0.25) is 0 Å². The van der Waals surface area contributed by atoms with Crippen molar-refractivity contribution in [1.29, 1.82) is 0 Å². The van der Waals surface area contributed by atoms with Crippen LogP contribution in [0.15, 0.2) is 23.1 Å². The van der Waals surface area contributed by atoms with Gasteiger partial charge in [0.15, 0.2) is 0 Å². The molecule has 2 N–H and O–H groups in total. The predicted octanol–water partition coefficient (Wildman–Crippen LogP) is 2.33. The lowest BCUT2D eigenvalue weighted by molar-refractivity contribution is 0.530. The van der Waals surface area contributed by atoms with Gasteiger partial charge in [-0.3, -0.25) is 0 Å². The number of hydrogen-bond acceptors (Lipinski definition) is 3. The molecule has 0 spiro atoms. The molecule has 0 saturated heterocycles. The van der Waals surface area contributed by atoms with Gasteiger partial charge in [-0.05, 0) is 55.2 Å². The van der Waals surface area contributed by atoms with Crippen molar-refractivity contribution in [2.45, 2.75) is 57.0 Å². The van der Waals surface area contributed by atoms with Gasteiger partial charge in [0.1, 0.15) is 0 Å². The first-order valence-electron chi connectivity index (χ1n) is 7.71. The zero-order valence-electron chi connectivity index (χ0n) is 12.8. The van der Waals surface area contributed by atoms with E-state index in [1.165, 1.54) is 12.8 Å². The van der Waals surface area contributed by atoms with Crippen molar-refractivity contribution in [1.82, 2.24) is 10.0 Å². The molecule has 0 bridgehead atoms. The molecular weight excluding hydrogens is 284 g/mol. The molecule has 3 rings (SSSR count). The van der Waals surface area contributed by atoms with Gasteiger partial charge < -0.3 is 5.32 Å². The molecule has 4 nitrogen and oxygen atoms in total. The van der Waals surface area contributed by atoms with Crippen LogP contribution in [0.25, 0.3) is 0 Å². The molecule has 0 atom stereocenters. The Morgan fingerprint density at radius 1 is 1.29 bits per heavy atom. The van der Waals surface area contributed by atoms with E-state index in [4.69, 9.17) is 0 Å². The highest BCUT2D eigenvalue weighted by atomic mass is 32.2. The summed E-state index contributed by atoms with van der Waals surface area (Å²) in [6.07, 6.45) is 4.69. The zero-order valence-corrected chi connectivity index (χ0v) is 13.6. The summed E-state index contributed by atoms with van der Waals surface area (Å²) in [6.45, 7) is 5.31. The van der Waals surface area contributed by atoms with E-state index in [1.54, 1.807) is 6.07 Å². The average Bonchev–Trinajstić information content (AvgIpc) is 3.34. The van der Waals surface area contributed by atoms with Crippen molar-refractivity contribution in [3.8, 4) is 0 Å². The molecule has 0 aliphatic heterocycles. The monoisotopic (exact) mass is 308 g/mol. The van der Waals surface area contributed by atoms with E-state index in [-0.39, 0.29) is 5.41 Å². The summed E-state index contributed by atoms with van der Waals surface area (Å²) in [4.78, 5) is 0.418. The molecule has 2 aliphatic carbocycles. The maximum atomic E-state index is 12.5. The van der Waals surface area contributed by atoms with Crippen molar-refractivity contribution >= 4 is 10.0 Å². The summed E-state index contributed by atoms with van der Waals surface area (Å²) in [5.74, 6) is 0. The quantitative estimate of drug-likeness (QED) is 0.813. The summed E-state index contributed by atoms with van der Waals surface area (Å²) in [6, 6.07) is 6.17. The Hall–Kier alpha value is -0.910. The molecule has 1 aromatic rings. The van der Waals surface area contributed by atoms with Crippen LogP contribution in [-0.4, -0.2) is 21.0 Å². The van der Waals surface area contributed by atoms with Gasteiger partial charge in [-0.25, -0.2) is 13.1 Å². The minimum Gasteiger partial charge on any atom is -0.310 e. The number of benzene rings is 1. The first-order valence-corrected chi connectivity index (χ1v) is 9.20. The van der Waals surface area contributed by atoms with E-state index in [0.717, 1.165) is 30.5 Å². The van der Waals surface area contributed by atoms with Gasteiger partial charge in [-0.2, -0.15) is 0 Å². The van der Waals surface area contributed by atoms with Gasteiger partial charge in [-0.15, -0.1) is 0 Å². The molecule has 0 aromatic heterocycles. The van der Waals surface area contributed by atoms with Crippen LogP contribution in [-0.2, 0) is 16.6 Å². The van der Waals surface area contributed by atoms with E-state index in [1.807, 2.05) is 19.1 Å². The molecule has 21 heavy (non-hydrogen) atoms. The molecular formula is C16H24N2O2S. The standard InChI is InChI=1S/C16H24N2O2S/c1-12-13(10-17-14-6-7-14)4-3-5-15(12)21(19,20)18-11-16(2)8-9-16/h3-5,14,17-18H,6-11H2,1-2H3. The fourth-order valence-electron chi connectivity index (χ4n) is 2.42. The Kier molecular flexibility index (Phi) is 3.84. The van der Waals surface area contributed by atoms with Crippen LogP contribution in [0.3, 0.4) is 0 Å². The van der Waals surface area contributed by atoms with Gasteiger partial charge in [0.25, 0.3) is 0 Å². The van der Waals surface area contributed by atoms with Gasteiger partial charge in [0.2, 0.25) is 10.0 Å². The molecule has 0 unspecified atom stereocenters. The van der Waals surface area contributed by atoms with E-state index in [9.17, 15) is 8.42 Å². The Morgan fingerprint density at radius 2 is 2.00 bits per heavy atom. The maximum absolute atomic E-state index is 12.5. The largest absolute Gasteiger partial charge is 0.310 e. The first-order chi connectivity index (χ1) is 9.90. The van der Waals surface area contributed by atoms with Crippen molar-refractivity contribution < 1.29 is 8.42 Å². The van der Waals surface area contributed by atoms with E-state index < -0.39 is 10.0 Å². The molecule has 0 amide bonds. The van der Waals surface area contributed by atoms with E-state index in [2.05, 4.69) is 17.0 Å². The molecule has 2 saturated carbocycles. The summed E-state index contributed by atoms with van der Waals surface area (Å²) in [5.41, 5.74) is 2.10. The van der Waals surface area contributed by atoms with E-state index in [0.29, 0.717) is 17.5 Å². The average molecular weight is 308 g/mol. The fourth-order valence-corrected chi connectivity index (χ4v) is 3.91. The Balaban J connectivity index is 1.74. The van der Waals surface area contributed by atoms with E-state index >= 15 is 0 Å². The Bertz CT molecular complexity index is 632. The SMILES string of the molecule is Cc1c(CNC2CC2)cccc1S(=O)(=O)NCC1(C)CC1. The Labute approximate surface area is 127 Å². The lowest BCUT2D eigenvalue weighted by Gasteiger charge is -2.15. The third kappa shape index (κ3) is 3.65. The summed E-state index contributed by atoms with van der Waals surface area (Å²) in [7, 11) is -3.41. The first kappa shape index (κ1) is 15.0. The van der Waals surface area contributed by atoms with Crippen LogP contribution in [0.4, 0.5) is 0 Å². The highest BCUT2D eigenvalue weighted by Crippen LogP contribution is 2.44. The van der Waals surface area contributed by atoms with Gasteiger partial charge in [-0.1, -0.05) is 19.1 Å². The lowest BCUT2D eigenvalue weighted by Crippen LogP contribution is -2.30. The minimum atomic E-state index is -3.41. The fraction of sp³-hybridized carbons (Fsp3) is 0.625. The molecule has 116 valence electrons. The third-order valence-electron chi connectivity index (χ3n) is 4.64. The normalized spacial score (nSPS) is 20.5. The molecule has 1 aromatic carbocycles. The number of hydrogen-bond donors (Lipinski definition) is 2. The molecule has 0 heterocycles. The lowest BCUT2D eigenvalue weighted by atomic mass is 10.1. The topological polar surface area (TPSA) is 58.2 Å². The smallest absolute Gasteiger partial charge is 0.240 e. The van der Waals surface area contributed by atoms with Gasteiger partial charge in [0.05, 0.1) is 4.90 Å². The van der Waals surface area contributed by atoms with Crippen LogP contribution < -0.4 is 10.0 Å². The zero-order chi connectivity index (χ0) is 15.1. The minimum absolute atomic E-state index is 0.173. The highest BCUT2D eigenvalue weighted by Gasteiger charge is 2.38. The molecule has 5 heteroatoms. The van der Waals surface area contributed by atoms with Crippen molar-refractivity contribution in [2.24, 2.45) is 5.41 Å². The number of nitrogens with one attached hydrogen (secondary N) is 2. The Morgan fingerprint density at radius 3 is 2.62 bits per heavy atom. The van der Waals surface area contributed by atoms with Crippen molar-refractivity contribution in [3.63, 3.8) is 0 Å². The maximum Gasteiger partial charge on any atom is 0.240 e. The second kappa shape index (κ2) is 5.38. The number of sulfonamides is 1. The van der Waals surface area contributed by atoms with Crippen molar-refractivity contribution in [3.05, 3.63) is 29.3 Å². The second-order valence-electron chi connectivity index (χ2n) is 6.83. The second-order valence-corrected chi connectivity index (χ2v) is 8.57. The summed E-state index contributed by atoms with van der Waals surface area (Å²) < 4.78 is 27.8. The van der Waals surface area contributed by atoms with Gasteiger partial charge >= 0.3 is 0 Å². The molecule has 2 aliphatic rings. The molecule has 2 fully saturated rings. The van der Waals surface area contributed by atoms with Crippen LogP contribution in [0, 0.1) is 12.3 Å². The highest BCUT2D eigenvalue weighted by molar-refractivity contribution is 7.89.